The molecule has 0 aliphatic carbocycles. The second kappa shape index (κ2) is 6.16. The highest BCUT2D eigenvalue weighted by molar-refractivity contribution is 5.76. The van der Waals surface area contributed by atoms with E-state index < -0.39 is 0 Å². The molecule has 7 nitrogen and oxygen atoms in total. The third kappa shape index (κ3) is 2.82. The Morgan fingerprint density at radius 1 is 1.33 bits per heavy atom. The van der Waals surface area contributed by atoms with E-state index in [1.807, 2.05) is 22.9 Å². The number of nitrogens with zero attached hydrogens (tertiary/aromatic N) is 3. The van der Waals surface area contributed by atoms with E-state index in [1.165, 1.54) is 5.56 Å². The van der Waals surface area contributed by atoms with E-state index in [0.717, 1.165) is 36.8 Å². The van der Waals surface area contributed by atoms with Crippen molar-refractivity contribution in [3.8, 4) is 11.5 Å². The molecular formula is C17H20N4O3. The van der Waals surface area contributed by atoms with Gasteiger partial charge in [-0.25, -0.2) is 0 Å². The molecule has 1 amide bonds. The summed E-state index contributed by atoms with van der Waals surface area (Å²) >= 11 is 0. The molecule has 2 aromatic rings. The van der Waals surface area contributed by atoms with Gasteiger partial charge in [0.2, 0.25) is 12.7 Å². The zero-order valence-corrected chi connectivity index (χ0v) is 13.6. The Labute approximate surface area is 140 Å². The van der Waals surface area contributed by atoms with Crippen LogP contribution in [-0.2, 0) is 17.9 Å². The van der Waals surface area contributed by atoms with Gasteiger partial charge in [0.1, 0.15) is 0 Å². The van der Waals surface area contributed by atoms with Crippen molar-refractivity contribution in [1.29, 1.82) is 0 Å². The predicted octanol–water partition coefficient (Wildman–Crippen LogP) is 1.30. The van der Waals surface area contributed by atoms with Gasteiger partial charge in [-0.2, -0.15) is 5.10 Å². The first-order chi connectivity index (χ1) is 11.7. The first kappa shape index (κ1) is 15.0. The van der Waals surface area contributed by atoms with Crippen molar-refractivity contribution in [1.82, 2.24) is 20.0 Å². The molecule has 0 bridgehead atoms. The molecule has 7 heteroatoms. The lowest BCUT2D eigenvalue weighted by Crippen LogP contribution is -2.39. The van der Waals surface area contributed by atoms with Crippen LogP contribution in [-0.4, -0.2) is 41.0 Å². The molecule has 4 rings (SSSR count). The number of fused-ring (bicyclic) bond motifs is 2. The molecule has 0 fully saturated rings. The number of ether oxygens (including phenoxy) is 2. The summed E-state index contributed by atoms with van der Waals surface area (Å²) < 4.78 is 12.8. The van der Waals surface area contributed by atoms with Gasteiger partial charge in [-0.3, -0.25) is 14.4 Å². The third-order valence-electron chi connectivity index (χ3n) is 4.50. The van der Waals surface area contributed by atoms with Crippen LogP contribution in [0.5, 0.6) is 11.5 Å². The lowest BCUT2D eigenvalue weighted by molar-refractivity contribution is -0.121. The summed E-state index contributed by atoms with van der Waals surface area (Å²) in [6.45, 7) is 2.69. The van der Waals surface area contributed by atoms with Crippen LogP contribution in [0, 0.1) is 0 Å². The molecule has 0 saturated carbocycles. The van der Waals surface area contributed by atoms with Crippen LogP contribution in [0.4, 0.5) is 0 Å². The quantitative estimate of drug-likeness (QED) is 0.916. The topological polar surface area (TPSA) is 68.6 Å². The molecule has 1 N–H and O–H groups in total. The van der Waals surface area contributed by atoms with Gasteiger partial charge >= 0.3 is 0 Å². The number of carbonyl (C=O) groups excluding carboxylic acids is 1. The number of amides is 1. The van der Waals surface area contributed by atoms with E-state index in [-0.39, 0.29) is 18.7 Å². The van der Waals surface area contributed by atoms with Crippen LogP contribution >= 0.6 is 0 Å². The first-order valence-corrected chi connectivity index (χ1v) is 8.07. The van der Waals surface area contributed by atoms with Crippen LogP contribution in [0.1, 0.15) is 23.7 Å². The molecule has 24 heavy (non-hydrogen) atoms. The van der Waals surface area contributed by atoms with Crippen molar-refractivity contribution >= 4 is 5.91 Å². The van der Waals surface area contributed by atoms with E-state index in [1.54, 1.807) is 13.2 Å². The number of nitrogens with one attached hydrogen (secondary N) is 1. The van der Waals surface area contributed by atoms with Gasteiger partial charge < -0.3 is 14.8 Å². The van der Waals surface area contributed by atoms with Gasteiger partial charge in [-0.15, -0.1) is 0 Å². The Bertz CT molecular complexity index is 758. The summed E-state index contributed by atoms with van der Waals surface area (Å²) in [6, 6.07) is 8.11. The number of carbonyl (C=O) groups is 1. The number of hydrogen-bond donors (Lipinski definition) is 1. The molecular weight excluding hydrogens is 308 g/mol. The highest BCUT2D eigenvalue weighted by Gasteiger charge is 2.27. The zero-order valence-electron chi connectivity index (χ0n) is 13.6. The average molecular weight is 328 g/mol. The maximum atomic E-state index is 11.8. The summed E-state index contributed by atoms with van der Waals surface area (Å²) in [6.07, 6.45) is 2.24. The minimum Gasteiger partial charge on any atom is -0.454 e. The standard InChI is InChI=1S/C17H20N4O3/c1-18-17(22)7-14-10-20(9-13-4-5-19-21(13)14)8-12-2-3-15-16(6-12)24-11-23-15/h2-6,14H,7-11H2,1H3,(H,18,22)/t14-/m1/s1. The fraction of sp³-hybridized carbons (Fsp3) is 0.412. The normalized spacial score (nSPS) is 19.1. The molecule has 0 saturated heterocycles. The van der Waals surface area contributed by atoms with Crippen LogP contribution in [0.3, 0.4) is 0 Å². The summed E-state index contributed by atoms with van der Waals surface area (Å²) in [4.78, 5) is 14.1. The highest BCUT2D eigenvalue weighted by atomic mass is 16.7. The van der Waals surface area contributed by atoms with Gasteiger partial charge in [0.25, 0.3) is 0 Å². The van der Waals surface area contributed by atoms with Crippen molar-refractivity contribution in [2.24, 2.45) is 0 Å². The summed E-state index contributed by atoms with van der Waals surface area (Å²) in [7, 11) is 1.67. The van der Waals surface area contributed by atoms with Gasteiger partial charge in [-0.05, 0) is 23.8 Å². The van der Waals surface area contributed by atoms with Crippen molar-refractivity contribution in [2.75, 3.05) is 20.4 Å². The lowest BCUT2D eigenvalue weighted by atomic mass is 10.1. The van der Waals surface area contributed by atoms with Gasteiger partial charge in [0.05, 0.1) is 18.2 Å². The molecule has 126 valence electrons. The Morgan fingerprint density at radius 3 is 3.08 bits per heavy atom. The molecule has 2 aliphatic rings. The summed E-state index contributed by atoms with van der Waals surface area (Å²) in [5.74, 6) is 1.64. The van der Waals surface area contributed by atoms with E-state index in [2.05, 4.69) is 21.4 Å². The Morgan fingerprint density at radius 2 is 2.21 bits per heavy atom. The molecule has 2 aliphatic heterocycles. The molecule has 0 radical (unpaired) electrons. The number of hydrogen-bond acceptors (Lipinski definition) is 5. The van der Waals surface area contributed by atoms with Crippen molar-refractivity contribution in [2.45, 2.75) is 25.6 Å². The van der Waals surface area contributed by atoms with Crippen LogP contribution in [0.25, 0.3) is 0 Å². The second-order valence-electron chi connectivity index (χ2n) is 6.16. The Kier molecular flexibility index (Phi) is 3.86. The van der Waals surface area contributed by atoms with Crippen LogP contribution in [0.15, 0.2) is 30.5 Å². The van der Waals surface area contributed by atoms with Gasteiger partial charge in [-0.1, -0.05) is 6.07 Å². The maximum Gasteiger partial charge on any atom is 0.231 e. The molecule has 3 heterocycles. The highest BCUT2D eigenvalue weighted by Crippen LogP contribution is 2.33. The number of rotatable bonds is 4. The minimum absolute atomic E-state index is 0.0337. The van der Waals surface area contributed by atoms with E-state index in [0.29, 0.717) is 6.42 Å². The summed E-state index contributed by atoms with van der Waals surface area (Å²) in [5.41, 5.74) is 2.31. The van der Waals surface area contributed by atoms with E-state index in [4.69, 9.17) is 9.47 Å². The lowest BCUT2D eigenvalue weighted by Gasteiger charge is -2.33. The van der Waals surface area contributed by atoms with Crippen LogP contribution < -0.4 is 14.8 Å². The van der Waals surface area contributed by atoms with Crippen molar-refractivity contribution in [3.63, 3.8) is 0 Å². The first-order valence-electron chi connectivity index (χ1n) is 8.07. The average Bonchev–Trinajstić information content (AvgIpc) is 3.23. The SMILES string of the molecule is CNC(=O)C[C@@H]1CN(Cc2ccc3c(c2)OCO3)Cc2ccnn21. The van der Waals surface area contributed by atoms with Gasteiger partial charge in [0, 0.05) is 32.9 Å². The maximum absolute atomic E-state index is 11.8. The van der Waals surface area contributed by atoms with E-state index >= 15 is 0 Å². The predicted molar refractivity (Wildman–Crippen MR) is 86.6 cm³/mol. The zero-order chi connectivity index (χ0) is 16.5. The number of benzene rings is 1. The Balaban J connectivity index is 1.51. The largest absolute Gasteiger partial charge is 0.454 e. The molecule has 0 spiro atoms. The van der Waals surface area contributed by atoms with Crippen molar-refractivity contribution in [3.05, 3.63) is 41.7 Å². The third-order valence-corrected chi connectivity index (χ3v) is 4.50. The van der Waals surface area contributed by atoms with Crippen molar-refractivity contribution < 1.29 is 14.3 Å². The monoisotopic (exact) mass is 328 g/mol. The second-order valence-corrected chi connectivity index (χ2v) is 6.16. The van der Waals surface area contributed by atoms with E-state index in [9.17, 15) is 4.79 Å². The minimum atomic E-state index is 0.0337. The smallest absolute Gasteiger partial charge is 0.231 e. The Hall–Kier alpha value is -2.54. The number of aromatic nitrogens is 2. The molecule has 1 atom stereocenters. The fourth-order valence-electron chi connectivity index (χ4n) is 3.35. The molecule has 1 aromatic carbocycles. The summed E-state index contributed by atoms with van der Waals surface area (Å²) in [5, 5.41) is 7.09. The van der Waals surface area contributed by atoms with Gasteiger partial charge in [0.15, 0.2) is 11.5 Å². The fourth-order valence-corrected chi connectivity index (χ4v) is 3.35. The van der Waals surface area contributed by atoms with Crippen LogP contribution in [0.2, 0.25) is 0 Å². The molecule has 1 aromatic heterocycles. The molecule has 0 unspecified atom stereocenters.